The summed E-state index contributed by atoms with van der Waals surface area (Å²) in [6.07, 6.45) is 7.68. The van der Waals surface area contributed by atoms with Gasteiger partial charge in [-0.15, -0.1) is 0 Å². The highest BCUT2D eigenvalue weighted by Gasteiger charge is 2.22. The molecule has 28 heavy (non-hydrogen) atoms. The van der Waals surface area contributed by atoms with E-state index in [1.807, 2.05) is 42.5 Å². The second-order valence-corrected chi connectivity index (χ2v) is 6.75. The van der Waals surface area contributed by atoms with Crippen molar-refractivity contribution < 1.29 is 19.7 Å². The van der Waals surface area contributed by atoms with Gasteiger partial charge in [-0.25, -0.2) is 4.79 Å². The summed E-state index contributed by atoms with van der Waals surface area (Å²) in [5.74, 6) is -0.689. The molecule has 1 aliphatic heterocycles. The number of allylic oxidation sites excluding steroid dienone is 1. The van der Waals surface area contributed by atoms with Gasteiger partial charge in [-0.05, 0) is 35.6 Å². The first-order valence-electron chi connectivity index (χ1n) is 9.34. The third kappa shape index (κ3) is 4.78. The molecule has 0 aliphatic carbocycles. The number of ether oxygens (including phenoxy) is 1. The highest BCUT2D eigenvalue weighted by Crippen LogP contribution is 2.29. The van der Waals surface area contributed by atoms with Gasteiger partial charge in [-0.2, -0.15) is 0 Å². The average molecular weight is 376 g/mol. The fourth-order valence-electron chi connectivity index (χ4n) is 3.13. The Labute approximate surface area is 165 Å². The molecule has 0 spiro atoms. The van der Waals surface area contributed by atoms with Gasteiger partial charge in [0.05, 0.1) is 6.10 Å². The number of carbonyl (C=O) groups excluding carboxylic acids is 1. The van der Waals surface area contributed by atoms with Crippen LogP contribution in [0.25, 0.3) is 6.08 Å². The number of carbonyl (C=O) groups is 1. The fourth-order valence-corrected chi connectivity index (χ4v) is 3.13. The van der Waals surface area contributed by atoms with Gasteiger partial charge < -0.3 is 14.9 Å². The molecule has 4 nitrogen and oxygen atoms in total. The number of fused-ring (bicyclic) bond motifs is 1. The van der Waals surface area contributed by atoms with Crippen LogP contribution >= 0.6 is 0 Å². The molecular weight excluding hydrogens is 352 g/mol. The van der Waals surface area contributed by atoms with E-state index in [1.54, 1.807) is 24.3 Å². The maximum Gasteiger partial charge on any atom is 0.343 e. The van der Waals surface area contributed by atoms with Crippen LogP contribution in [0.3, 0.4) is 0 Å². The van der Waals surface area contributed by atoms with Crippen molar-refractivity contribution in [2.45, 2.75) is 31.5 Å². The van der Waals surface area contributed by atoms with Crippen LogP contribution in [0.4, 0.5) is 0 Å². The molecule has 0 amide bonds. The van der Waals surface area contributed by atoms with E-state index in [0.29, 0.717) is 30.4 Å². The summed E-state index contributed by atoms with van der Waals surface area (Å²) in [6.45, 7) is 3.92. The quantitative estimate of drug-likeness (QED) is 0.690. The largest absolute Gasteiger partial charge is 0.507 e. The molecule has 1 heterocycles. The Kier molecular flexibility index (Phi) is 6.45. The molecule has 2 aromatic rings. The van der Waals surface area contributed by atoms with Crippen LogP contribution in [0, 0.1) is 0 Å². The molecule has 0 fully saturated rings. The zero-order valence-electron chi connectivity index (χ0n) is 15.6. The number of hydrogen-bond acceptors (Lipinski definition) is 4. The molecule has 144 valence electrons. The molecule has 0 bridgehead atoms. The summed E-state index contributed by atoms with van der Waals surface area (Å²) >= 11 is 0. The van der Waals surface area contributed by atoms with Crippen LogP contribution in [0.15, 0.2) is 78.9 Å². The number of cyclic esters (lactones) is 1. The number of rotatable bonds is 1. The van der Waals surface area contributed by atoms with Crippen molar-refractivity contribution >= 4 is 12.0 Å². The van der Waals surface area contributed by atoms with E-state index in [0.717, 1.165) is 5.56 Å². The van der Waals surface area contributed by atoms with Crippen LogP contribution in [0.1, 0.15) is 46.9 Å². The van der Waals surface area contributed by atoms with Crippen LogP contribution in [-0.4, -0.2) is 22.3 Å². The predicted octanol–water partition coefficient (Wildman–Crippen LogP) is 4.96. The SMILES string of the molecule is C=C1/C=C/CC(c2ccccc2)OC(=O)c2c(O)cccc2/C=C/CCC1O. The van der Waals surface area contributed by atoms with Crippen molar-refractivity contribution in [3.05, 3.63) is 95.6 Å². The predicted molar refractivity (Wildman–Crippen MR) is 110 cm³/mol. The minimum absolute atomic E-state index is 0.116. The van der Waals surface area contributed by atoms with E-state index >= 15 is 0 Å². The first kappa shape index (κ1) is 19.6. The van der Waals surface area contributed by atoms with E-state index in [-0.39, 0.29) is 11.3 Å². The van der Waals surface area contributed by atoms with Crippen molar-refractivity contribution in [2.24, 2.45) is 0 Å². The number of aliphatic hydroxyl groups is 1. The fraction of sp³-hybridized carbons (Fsp3) is 0.208. The Morgan fingerprint density at radius 3 is 2.57 bits per heavy atom. The van der Waals surface area contributed by atoms with Gasteiger partial charge >= 0.3 is 5.97 Å². The Hall–Kier alpha value is -3.11. The van der Waals surface area contributed by atoms with Crippen molar-refractivity contribution in [1.29, 1.82) is 0 Å². The molecular formula is C24H24O4. The van der Waals surface area contributed by atoms with Crippen molar-refractivity contribution in [3.63, 3.8) is 0 Å². The van der Waals surface area contributed by atoms with Crippen LogP contribution in [0.2, 0.25) is 0 Å². The van der Waals surface area contributed by atoms with E-state index in [9.17, 15) is 15.0 Å². The molecule has 2 unspecified atom stereocenters. The van der Waals surface area contributed by atoms with E-state index < -0.39 is 18.2 Å². The number of phenolic OH excluding ortho intramolecular Hbond substituents is 1. The topological polar surface area (TPSA) is 66.8 Å². The molecule has 2 aromatic carbocycles. The number of hydrogen-bond donors (Lipinski definition) is 2. The van der Waals surface area contributed by atoms with Gasteiger partial charge in [0, 0.05) is 6.42 Å². The third-order valence-electron chi connectivity index (χ3n) is 4.71. The summed E-state index contributed by atoms with van der Waals surface area (Å²) in [6, 6.07) is 14.4. The number of aromatic hydroxyl groups is 1. The lowest BCUT2D eigenvalue weighted by Gasteiger charge is -2.19. The molecule has 0 saturated heterocycles. The highest BCUT2D eigenvalue weighted by atomic mass is 16.5. The summed E-state index contributed by atoms with van der Waals surface area (Å²) in [5, 5.41) is 20.5. The normalized spacial score (nSPS) is 23.2. The molecule has 4 heteroatoms. The van der Waals surface area contributed by atoms with Crippen LogP contribution in [-0.2, 0) is 4.74 Å². The third-order valence-corrected chi connectivity index (χ3v) is 4.71. The minimum atomic E-state index is -0.634. The van der Waals surface area contributed by atoms with Gasteiger partial charge in [-0.3, -0.25) is 0 Å². The number of esters is 1. The van der Waals surface area contributed by atoms with Crippen molar-refractivity contribution in [2.75, 3.05) is 0 Å². The van der Waals surface area contributed by atoms with Crippen LogP contribution < -0.4 is 0 Å². The Bertz CT molecular complexity index is 896. The molecule has 2 atom stereocenters. The Morgan fingerprint density at radius 2 is 1.79 bits per heavy atom. The number of phenols is 1. The average Bonchev–Trinajstić information content (AvgIpc) is 2.70. The minimum Gasteiger partial charge on any atom is -0.507 e. The smallest absolute Gasteiger partial charge is 0.343 e. The molecule has 0 aromatic heterocycles. The van der Waals surface area contributed by atoms with Gasteiger partial charge in [0.15, 0.2) is 0 Å². The molecule has 3 rings (SSSR count). The molecule has 0 radical (unpaired) electrons. The summed E-state index contributed by atoms with van der Waals surface area (Å²) in [4.78, 5) is 12.9. The number of benzene rings is 2. The lowest BCUT2D eigenvalue weighted by Crippen LogP contribution is -2.13. The summed E-state index contributed by atoms with van der Waals surface area (Å²) in [5.41, 5.74) is 2.20. The Morgan fingerprint density at radius 1 is 1.00 bits per heavy atom. The number of aliphatic hydroxyl groups excluding tert-OH is 1. The Balaban J connectivity index is 2.00. The van der Waals surface area contributed by atoms with E-state index in [2.05, 4.69) is 6.58 Å². The van der Waals surface area contributed by atoms with E-state index in [4.69, 9.17) is 4.74 Å². The monoisotopic (exact) mass is 376 g/mol. The second kappa shape index (κ2) is 9.20. The zero-order valence-corrected chi connectivity index (χ0v) is 15.6. The molecule has 2 N–H and O–H groups in total. The van der Waals surface area contributed by atoms with Crippen LogP contribution in [0.5, 0.6) is 5.75 Å². The standard InChI is InChI=1S/C24H24O4/c1-17-9-7-16-22(18-10-3-2-4-11-18)28-24(27)23-19(13-8-15-21(23)26)12-5-6-14-20(17)25/h2-5,7-13,15,20,22,25-26H,1,6,14,16H2/b9-7+,12-5+. The van der Waals surface area contributed by atoms with Gasteiger partial charge in [0.2, 0.25) is 0 Å². The van der Waals surface area contributed by atoms with Gasteiger partial charge in [-0.1, -0.05) is 73.3 Å². The maximum absolute atomic E-state index is 12.9. The lowest BCUT2D eigenvalue weighted by molar-refractivity contribution is 0.0300. The second-order valence-electron chi connectivity index (χ2n) is 6.75. The van der Waals surface area contributed by atoms with Gasteiger partial charge in [0.25, 0.3) is 0 Å². The molecule has 0 saturated carbocycles. The first-order chi connectivity index (χ1) is 13.6. The van der Waals surface area contributed by atoms with Crippen molar-refractivity contribution in [3.8, 4) is 5.75 Å². The highest BCUT2D eigenvalue weighted by molar-refractivity contribution is 5.96. The molecule has 1 aliphatic rings. The maximum atomic E-state index is 12.9. The van der Waals surface area contributed by atoms with Crippen molar-refractivity contribution in [1.82, 2.24) is 0 Å². The lowest BCUT2D eigenvalue weighted by atomic mass is 10.0. The summed E-state index contributed by atoms with van der Waals surface area (Å²) < 4.78 is 5.77. The first-order valence-corrected chi connectivity index (χ1v) is 9.34. The van der Waals surface area contributed by atoms with Gasteiger partial charge in [0.1, 0.15) is 17.4 Å². The summed E-state index contributed by atoms with van der Waals surface area (Å²) in [7, 11) is 0. The van der Waals surface area contributed by atoms with E-state index in [1.165, 1.54) is 6.07 Å². The zero-order chi connectivity index (χ0) is 19.9.